The third-order valence-corrected chi connectivity index (χ3v) is 3.56. The molecular weight excluding hydrogens is 290 g/mol. The van der Waals surface area contributed by atoms with Gasteiger partial charge >= 0.3 is 0 Å². The Hall–Kier alpha value is -1.01. The van der Waals surface area contributed by atoms with Crippen molar-refractivity contribution in [2.45, 2.75) is 4.90 Å². The van der Waals surface area contributed by atoms with Gasteiger partial charge in [0.05, 0.1) is 12.2 Å². The first-order valence-electron chi connectivity index (χ1n) is 4.72. The minimum Gasteiger partial charge on any atom is -0.329 e. The Bertz CT molecular complexity index is 463. The summed E-state index contributed by atoms with van der Waals surface area (Å²) in [6.45, 7) is 1.85. The van der Waals surface area contributed by atoms with Gasteiger partial charge in [-0.05, 0) is 30.0 Å². The number of nitrogens with one attached hydrogen (secondary N) is 1. The van der Waals surface area contributed by atoms with Crippen molar-refractivity contribution in [3.8, 4) is 0 Å². The molecule has 0 fully saturated rings. The number of thioether (sulfide) groups is 1. The predicted molar refractivity (Wildman–Crippen MR) is 72.0 cm³/mol. The second-order valence-corrected chi connectivity index (χ2v) is 4.37. The fourth-order valence-corrected chi connectivity index (χ4v) is 2.93. The molecule has 0 radical (unpaired) electrons. The fraction of sp³-hybridized carbons (Fsp3) is 0.200. The maximum atomic E-state index is 10.3. The van der Waals surface area contributed by atoms with Gasteiger partial charge in [-0.15, -0.1) is 17.0 Å². The zero-order valence-corrected chi connectivity index (χ0v) is 10.9. The topological polar surface area (TPSA) is 44.7 Å². The lowest BCUT2D eigenvalue weighted by Crippen LogP contribution is -2.20. The van der Waals surface area contributed by atoms with Crippen LogP contribution in [0.15, 0.2) is 28.1 Å². The van der Waals surface area contributed by atoms with E-state index in [1.807, 2.05) is 18.2 Å². The van der Waals surface area contributed by atoms with Crippen LogP contribution < -0.4 is 10.2 Å². The van der Waals surface area contributed by atoms with Crippen molar-refractivity contribution >= 4 is 51.7 Å². The minimum atomic E-state index is 0. The average Bonchev–Trinajstić information content (AvgIpc) is 2.77. The van der Waals surface area contributed by atoms with Crippen molar-refractivity contribution in [3.05, 3.63) is 18.2 Å². The summed E-state index contributed by atoms with van der Waals surface area (Å²) in [6.07, 6.45) is 0.694. The van der Waals surface area contributed by atoms with Gasteiger partial charge in [0, 0.05) is 17.1 Å². The number of amidine groups is 1. The summed E-state index contributed by atoms with van der Waals surface area (Å²) < 4.78 is 0. The lowest BCUT2D eigenvalue weighted by atomic mass is 10.2. The number of amides is 1. The Balaban J connectivity index is 0.000000963. The van der Waals surface area contributed by atoms with Crippen LogP contribution in [0.1, 0.15) is 0 Å². The molecule has 0 aromatic heterocycles. The predicted octanol–water partition coefficient (Wildman–Crippen LogP) is 2.11. The van der Waals surface area contributed by atoms with Crippen LogP contribution in [0.5, 0.6) is 0 Å². The quantitative estimate of drug-likeness (QED) is 0.851. The molecule has 0 saturated heterocycles. The van der Waals surface area contributed by atoms with E-state index >= 15 is 0 Å². The lowest BCUT2D eigenvalue weighted by molar-refractivity contribution is -0.105. The summed E-state index contributed by atoms with van der Waals surface area (Å²) in [5.41, 5.74) is 2.03. The lowest BCUT2D eigenvalue weighted by Gasteiger charge is -2.12. The number of hydrogen-bond donors (Lipinski definition) is 1. The normalized spacial score (nSPS) is 16.0. The molecule has 6 heteroatoms. The number of fused-ring (bicyclic) bond motifs is 3. The molecule has 0 unspecified atom stereocenters. The fourth-order valence-electron chi connectivity index (χ4n) is 1.81. The van der Waals surface area contributed by atoms with E-state index in [9.17, 15) is 4.79 Å². The van der Waals surface area contributed by atoms with E-state index in [1.165, 1.54) is 10.6 Å². The summed E-state index contributed by atoms with van der Waals surface area (Å²) in [5.74, 6) is 0. The van der Waals surface area contributed by atoms with Crippen molar-refractivity contribution in [3.63, 3.8) is 0 Å². The molecule has 0 bridgehead atoms. The molecule has 4 nitrogen and oxygen atoms in total. The number of nitrogens with zero attached hydrogens (tertiary/aromatic N) is 2. The molecule has 16 heavy (non-hydrogen) atoms. The Labute approximate surface area is 108 Å². The maximum Gasteiger partial charge on any atom is 0.211 e. The molecule has 1 aromatic carbocycles. The molecule has 2 aliphatic heterocycles. The summed E-state index contributed by atoms with van der Waals surface area (Å²) in [4.78, 5) is 18.1. The molecule has 0 atom stereocenters. The van der Waals surface area contributed by atoms with Crippen molar-refractivity contribution < 1.29 is 4.79 Å². The summed E-state index contributed by atoms with van der Waals surface area (Å²) in [6, 6.07) is 5.92. The van der Waals surface area contributed by atoms with Crippen LogP contribution in [0.25, 0.3) is 0 Å². The number of aliphatic imine (C=N–C) groups is 1. The van der Waals surface area contributed by atoms with Crippen molar-refractivity contribution in [2.75, 3.05) is 23.3 Å². The van der Waals surface area contributed by atoms with Crippen LogP contribution in [0.4, 0.5) is 11.4 Å². The SMILES string of the molecule is Br.O=CNc1ccc2c(c1)SC1=NCCN12. The van der Waals surface area contributed by atoms with Crippen LogP contribution in [-0.4, -0.2) is 24.7 Å². The van der Waals surface area contributed by atoms with E-state index in [4.69, 9.17) is 0 Å². The van der Waals surface area contributed by atoms with Gasteiger partial charge in [0.2, 0.25) is 6.41 Å². The van der Waals surface area contributed by atoms with Crippen molar-refractivity contribution in [2.24, 2.45) is 4.99 Å². The molecule has 1 N–H and O–H groups in total. The molecule has 1 amide bonds. The first-order chi connectivity index (χ1) is 7.38. The first-order valence-corrected chi connectivity index (χ1v) is 5.54. The van der Waals surface area contributed by atoms with Crippen molar-refractivity contribution in [1.82, 2.24) is 0 Å². The van der Waals surface area contributed by atoms with Gasteiger partial charge in [0.1, 0.15) is 0 Å². The number of benzene rings is 1. The molecule has 0 aliphatic carbocycles. The number of rotatable bonds is 2. The second kappa shape index (κ2) is 4.47. The molecule has 84 valence electrons. The van der Waals surface area contributed by atoms with E-state index in [1.54, 1.807) is 11.8 Å². The van der Waals surface area contributed by atoms with Gasteiger partial charge in [-0.3, -0.25) is 9.79 Å². The Morgan fingerprint density at radius 2 is 2.38 bits per heavy atom. The highest BCUT2D eigenvalue weighted by atomic mass is 79.9. The van der Waals surface area contributed by atoms with E-state index in [-0.39, 0.29) is 17.0 Å². The van der Waals surface area contributed by atoms with Gasteiger partial charge in [-0.2, -0.15) is 0 Å². The van der Waals surface area contributed by atoms with E-state index in [0.717, 1.165) is 23.9 Å². The number of carbonyl (C=O) groups excluding carboxylic acids is 1. The zero-order valence-electron chi connectivity index (χ0n) is 8.34. The summed E-state index contributed by atoms with van der Waals surface area (Å²) >= 11 is 1.67. The second-order valence-electron chi connectivity index (χ2n) is 3.36. The van der Waals surface area contributed by atoms with Crippen molar-refractivity contribution in [1.29, 1.82) is 0 Å². The van der Waals surface area contributed by atoms with E-state index in [2.05, 4.69) is 15.2 Å². The van der Waals surface area contributed by atoms with Gasteiger partial charge in [0.15, 0.2) is 5.17 Å². The van der Waals surface area contributed by atoms with E-state index in [0.29, 0.717) is 6.41 Å². The Morgan fingerprint density at radius 3 is 3.19 bits per heavy atom. The minimum absolute atomic E-state index is 0. The Kier molecular flexibility index (Phi) is 3.20. The molecule has 2 heterocycles. The Morgan fingerprint density at radius 1 is 1.50 bits per heavy atom. The van der Waals surface area contributed by atoms with Gasteiger partial charge in [0.25, 0.3) is 0 Å². The highest BCUT2D eigenvalue weighted by Crippen LogP contribution is 2.42. The number of hydrogen-bond acceptors (Lipinski definition) is 4. The van der Waals surface area contributed by atoms with Gasteiger partial charge < -0.3 is 10.2 Å². The monoisotopic (exact) mass is 299 g/mol. The zero-order chi connectivity index (χ0) is 10.3. The highest BCUT2D eigenvalue weighted by molar-refractivity contribution is 8.93. The maximum absolute atomic E-state index is 10.3. The number of anilines is 2. The molecule has 1 aromatic rings. The molecule has 0 spiro atoms. The first kappa shape index (κ1) is 11.5. The third-order valence-electron chi connectivity index (χ3n) is 2.48. The van der Waals surface area contributed by atoms with Crippen LogP contribution in [0.2, 0.25) is 0 Å². The summed E-state index contributed by atoms with van der Waals surface area (Å²) in [5, 5.41) is 3.73. The molecular formula is C10H10BrN3OS. The van der Waals surface area contributed by atoms with Gasteiger partial charge in [-0.1, -0.05) is 0 Å². The number of halogens is 1. The van der Waals surface area contributed by atoms with Crippen LogP contribution in [-0.2, 0) is 4.79 Å². The highest BCUT2D eigenvalue weighted by Gasteiger charge is 2.29. The molecule has 0 saturated carbocycles. The molecule has 2 aliphatic rings. The van der Waals surface area contributed by atoms with Crippen LogP contribution in [0, 0.1) is 0 Å². The van der Waals surface area contributed by atoms with E-state index < -0.39 is 0 Å². The molecule has 3 rings (SSSR count). The third kappa shape index (κ3) is 1.72. The smallest absolute Gasteiger partial charge is 0.211 e. The largest absolute Gasteiger partial charge is 0.329 e. The van der Waals surface area contributed by atoms with Crippen LogP contribution >= 0.6 is 28.7 Å². The van der Waals surface area contributed by atoms with Crippen LogP contribution in [0.3, 0.4) is 0 Å². The average molecular weight is 300 g/mol. The number of carbonyl (C=O) groups is 1. The standard InChI is InChI=1S/C10H9N3OS.BrH/c14-6-12-7-1-2-8-9(5-7)15-10-11-3-4-13(8)10;/h1-2,5-6H,3-4H2,(H,12,14);1H. The summed E-state index contributed by atoms with van der Waals surface area (Å²) in [7, 11) is 0. The van der Waals surface area contributed by atoms with Gasteiger partial charge in [-0.25, -0.2) is 0 Å².